The normalized spacial score (nSPS) is 12.2. The monoisotopic (exact) mass is 343 g/mol. The number of fused-ring (bicyclic) bond motifs is 1. The summed E-state index contributed by atoms with van der Waals surface area (Å²) < 4.78 is 6.62. The maximum atomic E-state index is 5.76. The molecule has 6 nitrogen and oxygen atoms in total. The molecule has 0 aliphatic carbocycles. The van der Waals surface area contributed by atoms with Crippen LogP contribution in [0.15, 0.2) is 30.3 Å². The summed E-state index contributed by atoms with van der Waals surface area (Å²) in [6, 6.07) is 11.0. The van der Waals surface area contributed by atoms with E-state index in [1.165, 1.54) is 15.0 Å². The maximum absolute atomic E-state index is 5.76. The Morgan fingerprint density at radius 1 is 1.21 bits per heavy atom. The molecule has 0 amide bonds. The van der Waals surface area contributed by atoms with E-state index in [0.29, 0.717) is 12.6 Å². The standard InChI is InChI=1S/C17H21N5OS/c1-3-7-12(14-10-11-8-5-6-9-13(11)24-14)19-16-20-15(18)21-17(22-16)23-4-2/h5-6,8-10,12H,3-4,7H2,1-2H3,(H3,18,19,20,21,22). The Morgan fingerprint density at radius 3 is 2.79 bits per heavy atom. The molecule has 3 N–H and O–H groups in total. The second-order valence-electron chi connectivity index (χ2n) is 5.40. The molecule has 7 heteroatoms. The molecule has 2 heterocycles. The van der Waals surface area contributed by atoms with Gasteiger partial charge in [0, 0.05) is 9.58 Å². The number of benzene rings is 1. The highest BCUT2D eigenvalue weighted by atomic mass is 32.1. The summed E-state index contributed by atoms with van der Waals surface area (Å²) in [7, 11) is 0. The number of hydrogen-bond acceptors (Lipinski definition) is 7. The summed E-state index contributed by atoms with van der Waals surface area (Å²) in [6.45, 7) is 4.52. The zero-order valence-electron chi connectivity index (χ0n) is 13.8. The van der Waals surface area contributed by atoms with Crippen LogP contribution in [0.3, 0.4) is 0 Å². The molecule has 2 aromatic heterocycles. The van der Waals surface area contributed by atoms with Crippen molar-refractivity contribution in [2.45, 2.75) is 32.7 Å². The molecule has 0 spiro atoms. The van der Waals surface area contributed by atoms with Crippen molar-refractivity contribution in [2.75, 3.05) is 17.7 Å². The lowest BCUT2D eigenvalue weighted by Crippen LogP contribution is -2.14. The van der Waals surface area contributed by atoms with Crippen LogP contribution in [0.1, 0.15) is 37.6 Å². The average molecular weight is 343 g/mol. The molecule has 3 rings (SSSR count). The number of nitrogens with zero attached hydrogens (tertiary/aromatic N) is 3. The smallest absolute Gasteiger partial charge is 0.323 e. The summed E-state index contributed by atoms with van der Waals surface area (Å²) in [5.74, 6) is 0.601. The fourth-order valence-corrected chi connectivity index (χ4v) is 3.68. The van der Waals surface area contributed by atoms with Gasteiger partial charge in [-0.25, -0.2) is 0 Å². The maximum Gasteiger partial charge on any atom is 0.323 e. The largest absolute Gasteiger partial charge is 0.464 e. The third-order valence-corrected chi connectivity index (χ3v) is 4.80. The van der Waals surface area contributed by atoms with Gasteiger partial charge in [0.2, 0.25) is 11.9 Å². The van der Waals surface area contributed by atoms with Crippen molar-refractivity contribution in [3.05, 3.63) is 35.2 Å². The fourth-order valence-electron chi connectivity index (χ4n) is 2.53. The lowest BCUT2D eigenvalue weighted by atomic mass is 10.1. The molecule has 1 unspecified atom stereocenters. The van der Waals surface area contributed by atoms with Gasteiger partial charge in [-0.2, -0.15) is 15.0 Å². The first kappa shape index (κ1) is 16.4. The van der Waals surface area contributed by atoms with Crippen LogP contribution in [-0.4, -0.2) is 21.6 Å². The summed E-state index contributed by atoms with van der Waals surface area (Å²) >= 11 is 1.79. The van der Waals surface area contributed by atoms with Gasteiger partial charge < -0.3 is 15.8 Å². The van der Waals surface area contributed by atoms with Gasteiger partial charge in [-0.1, -0.05) is 31.5 Å². The molecule has 0 radical (unpaired) electrons. The number of thiophene rings is 1. The summed E-state index contributed by atoms with van der Waals surface area (Å²) in [4.78, 5) is 13.7. The van der Waals surface area contributed by atoms with Gasteiger partial charge in [-0.05, 0) is 30.9 Å². The predicted molar refractivity (Wildman–Crippen MR) is 98.5 cm³/mol. The van der Waals surface area contributed by atoms with Crippen LogP contribution in [0.5, 0.6) is 6.01 Å². The van der Waals surface area contributed by atoms with Gasteiger partial charge in [0.1, 0.15) is 0 Å². The second kappa shape index (κ2) is 7.44. The van der Waals surface area contributed by atoms with E-state index in [9.17, 15) is 0 Å². The molecule has 24 heavy (non-hydrogen) atoms. The quantitative estimate of drug-likeness (QED) is 0.674. The number of nitrogens with one attached hydrogen (secondary N) is 1. The first-order valence-corrected chi connectivity index (χ1v) is 8.90. The zero-order chi connectivity index (χ0) is 16.9. The van der Waals surface area contributed by atoms with Gasteiger partial charge in [-0.15, -0.1) is 11.3 Å². The van der Waals surface area contributed by atoms with Crippen molar-refractivity contribution in [2.24, 2.45) is 0 Å². The first-order chi connectivity index (χ1) is 11.7. The van der Waals surface area contributed by atoms with Crippen LogP contribution in [0.2, 0.25) is 0 Å². The highest BCUT2D eigenvalue weighted by Crippen LogP contribution is 2.33. The summed E-state index contributed by atoms with van der Waals surface area (Å²) in [6.07, 6.45) is 2.02. The molecule has 0 saturated heterocycles. The Balaban J connectivity index is 1.88. The van der Waals surface area contributed by atoms with E-state index in [4.69, 9.17) is 10.5 Å². The van der Waals surface area contributed by atoms with Crippen molar-refractivity contribution in [3.63, 3.8) is 0 Å². The summed E-state index contributed by atoms with van der Waals surface area (Å²) in [5.41, 5.74) is 5.76. The predicted octanol–water partition coefficient (Wildman–Crippen LogP) is 4.02. The zero-order valence-corrected chi connectivity index (χ0v) is 14.6. The van der Waals surface area contributed by atoms with E-state index in [-0.39, 0.29) is 18.0 Å². The lowest BCUT2D eigenvalue weighted by molar-refractivity contribution is 0.312. The number of anilines is 2. The minimum absolute atomic E-state index is 0.128. The van der Waals surface area contributed by atoms with Crippen LogP contribution < -0.4 is 15.8 Å². The van der Waals surface area contributed by atoms with Crippen LogP contribution in [0.25, 0.3) is 10.1 Å². The molecule has 0 saturated carbocycles. The highest BCUT2D eigenvalue weighted by molar-refractivity contribution is 7.19. The SMILES string of the molecule is CCCC(Nc1nc(N)nc(OCC)n1)c1cc2ccccc2s1. The van der Waals surface area contributed by atoms with Crippen molar-refractivity contribution >= 4 is 33.3 Å². The molecule has 126 valence electrons. The number of hydrogen-bond donors (Lipinski definition) is 2. The first-order valence-electron chi connectivity index (χ1n) is 8.09. The van der Waals surface area contributed by atoms with E-state index in [0.717, 1.165) is 12.8 Å². The van der Waals surface area contributed by atoms with E-state index >= 15 is 0 Å². The van der Waals surface area contributed by atoms with Crippen molar-refractivity contribution in [1.29, 1.82) is 0 Å². The molecule has 3 aromatic rings. The fraction of sp³-hybridized carbons (Fsp3) is 0.353. The van der Waals surface area contributed by atoms with Crippen LogP contribution in [0, 0.1) is 0 Å². The highest BCUT2D eigenvalue weighted by Gasteiger charge is 2.16. The third kappa shape index (κ3) is 3.73. The third-order valence-electron chi connectivity index (χ3n) is 3.57. The van der Waals surface area contributed by atoms with Crippen molar-refractivity contribution in [3.8, 4) is 6.01 Å². The molecule has 1 aromatic carbocycles. The molecule has 0 aliphatic rings. The number of rotatable bonds is 7. The average Bonchev–Trinajstić information content (AvgIpc) is 2.98. The van der Waals surface area contributed by atoms with E-state index in [2.05, 4.69) is 57.5 Å². The topological polar surface area (TPSA) is 86.0 Å². The summed E-state index contributed by atoms with van der Waals surface area (Å²) in [5, 5.41) is 4.64. The Hall–Kier alpha value is -2.41. The van der Waals surface area contributed by atoms with Crippen molar-refractivity contribution in [1.82, 2.24) is 15.0 Å². The molecule has 0 fully saturated rings. The number of nitrogen functional groups attached to an aromatic ring is 1. The number of ether oxygens (including phenoxy) is 1. The van der Waals surface area contributed by atoms with E-state index in [1.54, 1.807) is 11.3 Å². The van der Waals surface area contributed by atoms with Gasteiger partial charge in [0.25, 0.3) is 0 Å². The van der Waals surface area contributed by atoms with Crippen LogP contribution >= 0.6 is 11.3 Å². The van der Waals surface area contributed by atoms with Gasteiger partial charge in [0.05, 0.1) is 12.6 Å². The van der Waals surface area contributed by atoms with Crippen molar-refractivity contribution < 1.29 is 4.74 Å². The Morgan fingerprint density at radius 2 is 2.04 bits per heavy atom. The van der Waals surface area contributed by atoms with Gasteiger partial charge in [-0.3, -0.25) is 0 Å². The van der Waals surface area contributed by atoms with Crippen LogP contribution in [0.4, 0.5) is 11.9 Å². The molecular formula is C17H21N5OS. The Bertz CT molecular complexity index is 787. The number of nitrogens with two attached hydrogens (primary N) is 1. The molecule has 0 aliphatic heterocycles. The second-order valence-corrected chi connectivity index (χ2v) is 6.52. The molecular weight excluding hydrogens is 322 g/mol. The minimum atomic E-state index is 0.128. The van der Waals surface area contributed by atoms with Gasteiger partial charge >= 0.3 is 6.01 Å². The Labute approximate surface area is 145 Å². The molecule has 1 atom stereocenters. The lowest BCUT2D eigenvalue weighted by Gasteiger charge is -2.17. The van der Waals surface area contributed by atoms with E-state index < -0.39 is 0 Å². The van der Waals surface area contributed by atoms with Crippen LogP contribution in [-0.2, 0) is 0 Å². The number of aromatic nitrogens is 3. The molecule has 0 bridgehead atoms. The van der Waals surface area contributed by atoms with Gasteiger partial charge in [0.15, 0.2) is 0 Å². The van der Waals surface area contributed by atoms with E-state index in [1.807, 2.05) is 6.92 Å². The minimum Gasteiger partial charge on any atom is -0.464 e. The Kier molecular flexibility index (Phi) is 5.10.